The zero-order valence-electron chi connectivity index (χ0n) is 22.4. The molecule has 208 valence electrons. The number of anilines is 1. The predicted octanol–water partition coefficient (Wildman–Crippen LogP) is 5.75. The van der Waals surface area contributed by atoms with Gasteiger partial charge in [-0.1, -0.05) is 66.5 Å². The monoisotopic (exact) mass is 589 g/mol. The van der Waals surface area contributed by atoms with E-state index in [-0.39, 0.29) is 17.3 Å². The van der Waals surface area contributed by atoms with Gasteiger partial charge in [0.15, 0.2) is 0 Å². The van der Waals surface area contributed by atoms with Gasteiger partial charge >= 0.3 is 0 Å². The molecule has 39 heavy (non-hydrogen) atoms. The van der Waals surface area contributed by atoms with Crippen molar-refractivity contribution in [1.29, 1.82) is 0 Å². The molecule has 7 nitrogen and oxygen atoms in total. The summed E-state index contributed by atoms with van der Waals surface area (Å²) in [4.78, 5) is 28.3. The number of amides is 2. The maximum absolute atomic E-state index is 14.0. The van der Waals surface area contributed by atoms with Gasteiger partial charge in [-0.05, 0) is 68.7 Å². The summed E-state index contributed by atoms with van der Waals surface area (Å²) >= 11 is 12.8. The highest BCUT2D eigenvalue weighted by Crippen LogP contribution is 2.30. The van der Waals surface area contributed by atoms with Gasteiger partial charge in [0.25, 0.3) is 10.0 Å². The Balaban J connectivity index is 2.09. The van der Waals surface area contributed by atoms with Crippen molar-refractivity contribution in [3.8, 4) is 0 Å². The number of carbonyl (C=O) groups excluding carboxylic acids is 2. The molecule has 0 spiro atoms. The van der Waals surface area contributed by atoms with E-state index in [9.17, 15) is 18.0 Å². The lowest BCUT2D eigenvalue weighted by Crippen LogP contribution is -2.51. The zero-order chi connectivity index (χ0) is 28.7. The molecule has 10 heteroatoms. The van der Waals surface area contributed by atoms with Crippen molar-refractivity contribution < 1.29 is 18.0 Å². The number of aryl methyl sites for hydroxylation is 2. The quantitative estimate of drug-likeness (QED) is 0.308. The molecule has 3 rings (SSSR count). The molecule has 0 aliphatic carbocycles. The largest absolute Gasteiger partial charge is 0.354 e. The standard InChI is InChI=1S/C29H33Cl2N3O4S/c1-5-16-32-29(36)22(4)33(18-24-25(30)12-9-13-26(24)31)28(35)19-34(27-17-20(2)14-15-21(27)3)39(37,38)23-10-7-6-8-11-23/h6-15,17,22H,5,16,18-19H2,1-4H3,(H,32,36). The maximum atomic E-state index is 14.0. The van der Waals surface area contributed by atoms with Crippen molar-refractivity contribution in [3.05, 3.63) is 93.5 Å². The van der Waals surface area contributed by atoms with Crippen molar-refractivity contribution in [3.63, 3.8) is 0 Å². The van der Waals surface area contributed by atoms with Crippen molar-refractivity contribution >= 4 is 50.7 Å². The molecule has 0 aliphatic heterocycles. The number of sulfonamides is 1. The Hall–Kier alpha value is -3.07. The fourth-order valence-electron chi connectivity index (χ4n) is 4.05. The molecule has 0 saturated carbocycles. The van der Waals surface area contributed by atoms with Crippen molar-refractivity contribution in [1.82, 2.24) is 10.2 Å². The van der Waals surface area contributed by atoms with Crippen LogP contribution in [0.2, 0.25) is 10.0 Å². The predicted molar refractivity (Wildman–Crippen MR) is 157 cm³/mol. The third-order valence-corrected chi connectivity index (χ3v) is 8.83. The number of hydrogen-bond donors (Lipinski definition) is 1. The average Bonchev–Trinajstić information content (AvgIpc) is 2.91. The molecule has 0 fully saturated rings. The maximum Gasteiger partial charge on any atom is 0.264 e. The molecule has 0 heterocycles. The van der Waals surface area contributed by atoms with E-state index < -0.39 is 28.5 Å². The van der Waals surface area contributed by atoms with Crippen LogP contribution in [0.4, 0.5) is 5.69 Å². The number of halogens is 2. The molecular weight excluding hydrogens is 557 g/mol. The van der Waals surface area contributed by atoms with Crippen LogP contribution in [0.3, 0.4) is 0 Å². The Bertz CT molecular complexity index is 1410. The van der Waals surface area contributed by atoms with Crippen LogP contribution in [0.5, 0.6) is 0 Å². The topological polar surface area (TPSA) is 86.8 Å². The van der Waals surface area contributed by atoms with Crippen LogP contribution < -0.4 is 9.62 Å². The van der Waals surface area contributed by atoms with E-state index in [0.29, 0.717) is 33.4 Å². The summed E-state index contributed by atoms with van der Waals surface area (Å²) in [5, 5.41) is 3.48. The SMILES string of the molecule is CCCNC(=O)C(C)N(Cc1c(Cl)cccc1Cl)C(=O)CN(c1cc(C)ccc1C)S(=O)(=O)c1ccccc1. The molecule has 0 bridgehead atoms. The van der Waals surface area contributed by atoms with Crippen LogP contribution in [0, 0.1) is 13.8 Å². The minimum atomic E-state index is -4.14. The summed E-state index contributed by atoms with van der Waals surface area (Å²) in [6, 6.07) is 17.4. The van der Waals surface area contributed by atoms with Gasteiger partial charge in [0.05, 0.1) is 10.6 Å². The summed E-state index contributed by atoms with van der Waals surface area (Å²) < 4.78 is 28.9. The molecular formula is C29H33Cl2N3O4S. The first-order valence-electron chi connectivity index (χ1n) is 12.6. The zero-order valence-corrected chi connectivity index (χ0v) is 24.8. The molecule has 1 atom stereocenters. The van der Waals surface area contributed by atoms with E-state index in [1.807, 2.05) is 26.0 Å². The van der Waals surface area contributed by atoms with Gasteiger partial charge in [-0.3, -0.25) is 13.9 Å². The van der Waals surface area contributed by atoms with E-state index in [2.05, 4.69) is 5.32 Å². The molecule has 3 aromatic carbocycles. The second-order valence-corrected chi connectivity index (χ2v) is 12.0. The number of nitrogens with one attached hydrogen (secondary N) is 1. The van der Waals surface area contributed by atoms with Crippen molar-refractivity contribution in [2.75, 3.05) is 17.4 Å². The van der Waals surface area contributed by atoms with Crippen molar-refractivity contribution in [2.45, 2.75) is 51.6 Å². The molecule has 0 saturated heterocycles. The number of rotatable bonds is 11. The number of hydrogen-bond acceptors (Lipinski definition) is 4. The molecule has 1 unspecified atom stereocenters. The first-order valence-corrected chi connectivity index (χ1v) is 14.8. The molecule has 1 N–H and O–H groups in total. The van der Waals surface area contributed by atoms with Gasteiger partial charge in [-0.2, -0.15) is 0 Å². The van der Waals surface area contributed by atoms with Gasteiger partial charge in [-0.25, -0.2) is 8.42 Å². The van der Waals surface area contributed by atoms with Crippen LogP contribution in [-0.2, 0) is 26.2 Å². The third-order valence-electron chi connectivity index (χ3n) is 6.35. The summed E-state index contributed by atoms with van der Waals surface area (Å²) in [6.07, 6.45) is 0.721. The van der Waals surface area contributed by atoms with E-state index in [1.165, 1.54) is 17.0 Å². The Morgan fingerprint density at radius 1 is 0.949 bits per heavy atom. The highest BCUT2D eigenvalue weighted by atomic mass is 35.5. The number of benzene rings is 3. The second-order valence-electron chi connectivity index (χ2n) is 9.30. The normalized spacial score (nSPS) is 12.1. The first kappa shape index (κ1) is 30.5. The average molecular weight is 591 g/mol. The van der Waals surface area contributed by atoms with Gasteiger partial charge in [0.2, 0.25) is 11.8 Å². The van der Waals surface area contributed by atoms with Crippen LogP contribution in [0.1, 0.15) is 37.0 Å². The van der Waals surface area contributed by atoms with Crippen LogP contribution in [-0.4, -0.2) is 44.3 Å². The lowest BCUT2D eigenvalue weighted by Gasteiger charge is -2.33. The lowest BCUT2D eigenvalue weighted by molar-refractivity contribution is -0.139. The summed E-state index contributed by atoms with van der Waals surface area (Å²) in [7, 11) is -4.14. The minimum absolute atomic E-state index is 0.0492. The van der Waals surface area contributed by atoms with E-state index in [4.69, 9.17) is 23.2 Å². The van der Waals surface area contributed by atoms with E-state index >= 15 is 0 Å². The smallest absolute Gasteiger partial charge is 0.264 e. The summed E-state index contributed by atoms with van der Waals surface area (Å²) in [5.74, 6) is -0.942. The van der Waals surface area contributed by atoms with E-state index in [1.54, 1.807) is 56.3 Å². The Labute approximate surface area is 240 Å². The third kappa shape index (κ3) is 7.32. The molecule has 3 aromatic rings. The minimum Gasteiger partial charge on any atom is -0.354 e. The molecule has 0 radical (unpaired) electrons. The lowest BCUT2D eigenvalue weighted by atomic mass is 10.1. The Kier molecular flexibility index (Phi) is 10.4. The highest BCUT2D eigenvalue weighted by molar-refractivity contribution is 7.92. The van der Waals surface area contributed by atoms with Gasteiger partial charge in [0, 0.05) is 28.7 Å². The fraction of sp³-hybridized carbons (Fsp3) is 0.310. The summed E-state index contributed by atoms with van der Waals surface area (Å²) in [5.41, 5.74) is 2.37. The van der Waals surface area contributed by atoms with Crippen LogP contribution >= 0.6 is 23.2 Å². The van der Waals surface area contributed by atoms with Gasteiger partial charge < -0.3 is 10.2 Å². The van der Waals surface area contributed by atoms with Gasteiger partial charge in [-0.15, -0.1) is 0 Å². The van der Waals surface area contributed by atoms with E-state index in [0.717, 1.165) is 16.3 Å². The fourth-order valence-corrected chi connectivity index (χ4v) is 6.06. The molecule has 0 aromatic heterocycles. The molecule has 0 aliphatic rings. The Morgan fingerprint density at radius 3 is 2.21 bits per heavy atom. The first-order chi connectivity index (χ1) is 18.5. The van der Waals surface area contributed by atoms with Gasteiger partial charge in [0.1, 0.15) is 12.6 Å². The number of carbonyl (C=O) groups is 2. The second kappa shape index (κ2) is 13.3. The molecule has 2 amide bonds. The number of nitrogens with zero attached hydrogens (tertiary/aromatic N) is 2. The van der Waals surface area contributed by atoms with Crippen LogP contribution in [0.15, 0.2) is 71.6 Å². The highest BCUT2D eigenvalue weighted by Gasteiger charge is 2.33. The summed E-state index contributed by atoms with van der Waals surface area (Å²) in [6.45, 7) is 6.99. The van der Waals surface area contributed by atoms with Crippen molar-refractivity contribution in [2.24, 2.45) is 0 Å². The van der Waals surface area contributed by atoms with Crippen LogP contribution in [0.25, 0.3) is 0 Å². The Morgan fingerprint density at radius 2 is 1.59 bits per heavy atom.